The first kappa shape index (κ1) is 20.1. The summed E-state index contributed by atoms with van der Waals surface area (Å²) in [5, 5.41) is 2.55. The van der Waals surface area contributed by atoms with Crippen molar-refractivity contribution in [2.75, 3.05) is 26.6 Å². The first-order chi connectivity index (χ1) is 11.2. The van der Waals surface area contributed by atoms with Crippen LogP contribution in [0.3, 0.4) is 0 Å². The van der Waals surface area contributed by atoms with E-state index in [2.05, 4.69) is 5.32 Å². The molecule has 1 rings (SSSR count). The van der Waals surface area contributed by atoms with Crippen LogP contribution in [0.1, 0.15) is 29.8 Å². The number of sulfone groups is 1. The average Bonchev–Trinajstić information content (AvgIpc) is 2.45. The molecule has 7 nitrogen and oxygen atoms in total. The summed E-state index contributed by atoms with van der Waals surface area (Å²) in [5.41, 5.74) is 0.738. The zero-order valence-corrected chi connectivity index (χ0v) is 15.1. The summed E-state index contributed by atoms with van der Waals surface area (Å²) in [6.45, 7) is 3.40. The monoisotopic (exact) mass is 357 g/mol. The molecule has 1 atom stereocenters. The van der Waals surface area contributed by atoms with Crippen LogP contribution in [0.25, 0.3) is 0 Å². The molecule has 0 spiro atoms. The Morgan fingerprint density at radius 2 is 1.92 bits per heavy atom. The summed E-state index contributed by atoms with van der Waals surface area (Å²) in [5.74, 6) is -1.45. The molecule has 1 N–H and O–H groups in total. The number of amides is 1. The van der Waals surface area contributed by atoms with Crippen LogP contribution in [0, 0.1) is 0 Å². The van der Waals surface area contributed by atoms with E-state index in [0.717, 1.165) is 0 Å². The number of Topliss-reactive ketones (excluding diaryl/α,β-unsaturated/α-hetero) is 1. The van der Waals surface area contributed by atoms with Gasteiger partial charge < -0.3 is 14.8 Å². The number of methoxy groups -OCH3 is 2. The second kappa shape index (κ2) is 8.79. The van der Waals surface area contributed by atoms with E-state index in [1.165, 1.54) is 27.2 Å². The molecule has 1 amide bonds. The predicted octanol–water partition coefficient (Wildman–Crippen LogP) is 0.964. The molecule has 0 bridgehead atoms. The number of nitrogens with one attached hydrogen (secondary N) is 1. The molecule has 0 radical (unpaired) electrons. The first-order valence-electron chi connectivity index (χ1n) is 7.35. The Kier molecular flexibility index (Phi) is 7.37. The van der Waals surface area contributed by atoms with E-state index in [-0.39, 0.29) is 17.6 Å². The van der Waals surface area contributed by atoms with Crippen molar-refractivity contribution < 1.29 is 27.5 Å². The first-order valence-corrected chi connectivity index (χ1v) is 9.17. The molecule has 1 aromatic rings. The van der Waals surface area contributed by atoms with Gasteiger partial charge in [-0.05, 0) is 32.0 Å². The molecule has 0 aromatic heterocycles. The van der Waals surface area contributed by atoms with Crippen molar-refractivity contribution in [1.82, 2.24) is 5.32 Å². The minimum absolute atomic E-state index is 0.178. The molecule has 0 saturated heterocycles. The molecular formula is C16H23NO6S. The Morgan fingerprint density at radius 1 is 1.25 bits per heavy atom. The highest BCUT2D eigenvalue weighted by atomic mass is 32.2. The topological polar surface area (TPSA) is 98.8 Å². The van der Waals surface area contributed by atoms with Gasteiger partial charge in [-0.2, -0.15) is 0 Å². The maximum absolute atomic E-state index is 12.3. The van der Waals surface area contributed by atoms with E-state index < -0.39 is 21.5 Å². The van der Waals surface area contributed by atoms with Crippen LogP contribution in [0.4, 0.5) is 0 Å². The Labute approximate surface area is 142 Å². The number of ether oxygens (including phenoxy) is 2. The fourth-order valence-corrected chi connectivity index (χ4v) is 3.49. The number of hydrogen-bond acceptors (Lipinski definition) is 6. The van der Waals surface area contributed by atoms with E-state index in [1.54, 1.807) is 19.1 Å². The third kappa shape index (κ3) is 6.29. The summed E-state index contributed by atoms with van der Waals surface area (Å²) in [6.07, 6.45) is 0. The van der Waals surface area contributed by atoms with E-state index in [9.17, 15) is 18.0 Å². The third-order valence-corrected chi connectivity index (χ3v) is 4.69. The smallest absolute Gasteiger partial charge is 0.235 e. The van der Waals surface area contributed by atoms with Gasteiger partial charge in [-0.3, -0.25) is 9.59 Å². The molecular weight excluding hydrogens is 334 g/mol. The van der Waals surface area contributed by atoms with Gasteiger partial charge >= 0.3 is 0 Å². The van der Waals surface area contributed by atoms with E-state index >= 15 is 0 Å². The zero-order valence-electron chi connectivity index (χ0n) is 14.3. The number of benzene rings is 1. The average molecular weight is 357 g/mol. The number of carbonyl (C=O) groups excluding carboxylic acids is 2. The Hall–Kier alpha value is -1.93. The maximum atomic E-state index is 12.3. The van der Waals surface area contributed by atoms with Gasteiger partial charge in [-0.15, -0.1) is 0 Å². The predicted molar refractivity (Wildman–Crippen MR) is 90.0 cm³/mol. The second-order valence-corrected chi connectivity index (χ2v) is 7.60. The van der Waals surface area contributed by atoms with Gasteiger partial charge in [-0.1, -0.05) is 0 Å². The molecule has 0 fully saturated rings. The van der Waals surface area contributed by atoms with Crippen LogP contribution in [-0.2, 0) is 25.1 Å². The molecule has 0 aliphatic rings. The van der Waals surface area contributed by atoms with Gasteiger partial charge in [-0.25, -0.2) is 8.42 Å². The Morgan fingerprint density at radius 3 is 2.46 bits per heavy atom. The molecule has 0 aliphatic heterocycles. The van der Waals surface area contributed by atoms with Crippen LogP contribution < -0.4 is 10.1 Å². The van der Waals surface area contributed by atoms with Crippen LogP contribution >= 0.6 is 0 Å². The zero-order chi connectivity index (χ0) is 18.3. The lowest BCUT2D eigenvalue weighted by Crippen LogP contribution is -2.39. The lowest BCUT2D eigenvalue weighted by Gasteiger charge is -2.14. The number of rotatable bonds is 9. The number of ketones is 1. The van der Waals surface area contributed by atoms with Crippen molar-refractivity contribution >= 4 is 21.5 Å². The summed E-state index contributed by atoms with van der Waals surface area (Å²) < 4.78 is 34.6. The molecule has 24 heavy (non-hydrogen) atoms. The van der Waals surface area contributed by atoms with Crippen LogP contribution in [-0.4, -0.2) is 52.7 Å². The second-order valence-electron chi connectivity index (χ2n) is 5.54. The standard InChI is InChI=1S/C16H23NO6S/c1-11(8-22-3)17-16(19)10-24(20,21)9-14-7-13(12(2)18)5-6-15(14)23-4/h5-7,11H,8-10H2,1-4H3,(H,17,19)/t11-/m0/s1. The van der Waals surface area contributed by atoms with Crippen molar-refractivity contribution in [1.29, 1.82) is 0 Å². The van der Waals surface area contributed by atoms with Crippen molar-refractivity contribution in [3.63, 3.8) is 0 Å². The van der Waals surface area contributed by atoms with Crippen molar-refractivity contribution in [2.45, 2.75) is 25.6 Å². The van der Waals surface area contributed by atoms with Gasteiger partial charge in [0, 0.05) is 24.3 Å². The highest BCUT2D eigenvalue weighted by molar-refractivity contribution is 7.91. The Balaban J connectivity index is 2.88. The van der Waals surface area contributed by atoms with Gasteiger partial charge in [0.15, 0.2) is 15.6 Å². The lowest BCUT2D eigenvalue weighted by atomic mass is 10.1. The van der Waals surface area contributed by atoms with Crippen LogP contribution in [0.5, 0.6) is 5.75 Å². The SMILES string of the molecule is COC[C@H](C)NC(=O)CS(=O)(=O)Cc1cc(C(C)=O)ccc1OC. The minimum atomic E-state index is -3.71. The van der Waals surface area contributed by atoms with Gasteiger partial charge in [0.05, 0.1) is 19.5 Å². The molecule has 0 unspecified atom stereocenters. The fraction of sp³-hybridized carbons (Fsp3) is 0.500. The van der Waals surface area contributed by atoms with E-state index in [1.807, 2.05) is 0 Å². The third-order valence-electron chi connectivity index (χ3n) is 3.24. The summed E-state index contributed by atoms with van der Waals surface area (Å²) in [7, 11) is -0.805. The molecule has 134 valence electrons. The quantitative estimate of drug-likeness (QED) is 0.661. The summed E-state index contributed by atoms with van der Waals surface area (Å²) in [4.78, 5) is 23.3. The number of hydrogen-bond donors (Lipinski definition) is 1. The highest BCUT2D eigenvalue weighted by Gasteiger charge is 2.21. The molecule has 0 saturated carbocycles. The maximum Gasteiger partial charge on any atom is 0.235 e. The molecule has 0 heterocycles. The van der Waals surface area contributed by atoms with Gasteiger partial charge in [0.1, 0.15) is 11.5 Å². The lowest BCUT2D eigenvalue weighted by molar-refractivity contribution is -0.119. The van der Waals surface area contributed by atoms with Crippen LogP contribution in [0.2, 0.25) is 0 Å². The molecule has 8 heteroatoms. The normalized spacial score (nSPS) is 12.5. The largest absolute Gasteiger partial charge is 0.496 e. The highest BCUT2D eigenvalue weighted by Crippen LogP contribution is 2.22. The minimum Gasteiger partial charge on any atom is -0.496 e. The fourth-order valence-electron chi connectivity index (χ4n) is 2.21. The van der Waals surface area contributed by atoms with Crippen molar-refractivity contribution in [3.05, 3.63) is 29.3 Å². The van der Waals surface area contributed by atoms with Gasteiger partial charge in [0.25, 0.3) is 0 Å². The van der Waals surface area contributed by atoms with Crippen LogP contribution in [0.15, 0.2) is 18.2 Å². The molecule has 0 aliphatic carbocycles. The van der Waals surface area contributed by atoms with E-state index in [0.29, 0.717) is 23.5 Å². The Bertz CT molecular complexity index is 699. The summed E-state index contributed by atoms with van der Waals surface area (Å²) in [6, 6.07) is 4.30. The van der Waals surface area contributed by atoms with E-state index in [4.69, 9.17) is 9.47 Å². The van der Waals surface area contributed by atoms with Crippen molar-refractivity contribution in [2.24, 2.45) is 0 Å². The van der Waals surface area contributed by atoms with Crippen molar-refractivity contribution in [3.8, 4) is 5.75 Å². The number of carbonyl (C=O) groups is 2. The van der Waals surface area contributed by atoms with Gasteiger partial charge in [0.2, 0.25) is 5.91 Å². The molecule has 1 aromatic carbocycles. The summed E-state index contributed by atoms with van der Waals surface area (Å²) >= 11 is 0.